The predicted octanol–water partition coefficient (Wildman–Crippen LogP) is 5.21. The Kier molecular flexibility index (Phi) is 7.74. The van der Waals surface area contributed by atoms with Crippen molar-refractivity contribution in [1.82, 2.24) is 4.90 Å². The number of nitrogens with one attached hydrogen (secondary N) is 1. The maximum absolute atomic E-state index is 12.8. The van der Waals surface area contributed by atoms with E-state index in [1.807, 2.05) is 32.0 Å². The second-order valence-electron chi connectivity index (χ2n) is 8.38. The highest BCUT2D eigenvalue weighted by Crippen LogP contribution is 2.32. The van der Waals surface area contributed by atoms with Crippen molar-refractivity contribution in [1.29, 1.82) is 0 Å². The van der Waals surface area contributed by atoms with E-state index >= 15 is 0 Å². The van der Waals surface area contributed by atoms with Crippen molar-refractivity contribution in [2.45, 2.75) is 13.8 Å². The summed E-state index contributed by atoms with van der Waals surface area (Å²) in [5, 5.41) is 2.22. The zero-order chi connectivity index (χ0) is 26.5. The van der Waals surface area contributed by atoms with Gasteiger partial charge in [-0.3, -0.25) is 19.3 Å². The summed E-state index contributed by atoms with van der Waals surface area (Å²) in [6, 6.07) is 18.7. The van der Waals surface area contributed by atoms with Crippen molar-refractivity contribution >= 4 is 46.5 Å². The molecule has 1 heterocycles. The van der Waals surface area contributed by atoms with Crippen molar-refractivity contribution < 1.29 is 28.7 Å². The summed E-state index contributed by atoms with van der Waals surface area (Å²) in [7, 11) is 1.54. The maximum atomic E-state index is 12.8. The molecule has 9 heteroatoms. The minimum atomic E-state index is -0.541. The van der Waals surface area contributed by atoms with Crippen molar-refractivity contribution in [3.8, 4) is 11.5 Å². The first-order chi connectivity index (χ1) is 17.7. The van der Waals surface area contributed by atoms with E-state index < -0.39 is 23.0 Å². The number of esters is 1. The van der Waals surface area contributed by atoms with Gasteiger partial charge in [0.2, 0.25) is 5.91 Å². The number of methoxy groups -OCH3 is 1. The Morgan fingerprint density at radius 1 is 0.919 bits per heavy atom. The smallest absolute Gasteiger partial charge is 0.343 e. The first-order valence-electron chi connectivity index (χ1n) is 11.3. The van der Waals surface area contributed by atoms with Crippen LogP contribution in [-0.2, 0) is 9.59 Å². The lowest BCUT2D eigenvalue weighted by Gasteiger charge is -2.13. The number of hydrogen-bond donors (Lipinski definition) is 1. The third-order valence-electron chi connectivity index (χ3n) is 5.39. The van der Waals surface area contributed by atoms with Gasteiger partial charge in [0.1, 0.15) is 18.0 Å². The van der Waals surface area contributed by atoms with Gasteiger partial charge in [0.15, 0.2) is 0 Å². The molecule has 3 aromatic carbocycles. The number of nitrogens with zero attached hydrogens (tertiary/aromatic N) is 1. The predicted molar refractivity (Wildman–Crippen MR) is 142 cm³/mol. The van der Waals surface area contributed by atoms with Crippen LogP contribution >= 0.6 is 11.8 Å². The summed E-state index contributed by atoms with van der Waals surface area (Å²) >= 11 is 0.768. The molecule has 0 aliphatic carbocycles. The van der Waals surface area contributed by atoms with Crippen LogP contribution in [0.4, 0.5) is 10.5 Å². The van der Waals surface area contributed by atoms with Gasteiger partial charge in [0.25, 0.3) is 11.1 Å². The molecule has 3 aromatic rings. The van der Waals surface area contributed by atoms with Crippen molar-refractivity contribution in [3.63, 3.8) is 0 Å². The van der Waals surface area contributed by atoms with E-state index in [2.05, 4.69) is 5.32 Å². The van der Waals surface area contributed by atoms with Crippen LogP contribution in [0.15, 0.2) is 71.6 Å². The summed E-state index contributed by atoms with van der Waals surface area (Å²) in [4.78, 5) is 51.1. The van der Waals surface area contributed by atoms with Crippen LogP contribution in [-0.4, -0.2) is 41.6 Å². The molecule has 3 amide bonds. The van der Waals surface area contributed by atoms with E-state index in [-0.39, 0.29) is 11.4 Å². The second-order valence-corrected chi connectivity index (χ2v) is 9.37. The highest BCUT2D eigenvalue weighted by atomic mass is 32.2. The number of imide groups is 1. The maximum Gasteiger partial charge on any atom is 0.343 e. The van der Waals surface area contributed by atoms with Crippen LogP contribution in [0, 0.1) is 13.8 Å². The molecule has 0 bridgehead atoms. The number of amides is 3. The first-order valence-corrected chi connectivity index (χ1v) is 12.1. The first kappa shape index (κ1) is 25.7. The van der Waals surface area contributed by atoms with Crippen molar-refractivity contribution in [2.75, 3.05) is 19.0 Å². The zero-order valence-corrected chi connectivity index (χ0v) is 21.3. The average Bonchev–Trinajstić information content (AvgIpc) is 3.11. The summed E-state index contributed by atoms with van der Waals surface area (Å²) in [5.41, 5.74) is 3.60. The van der Waals surface area contributed by atoms with Gasteiger partial charge in [-0.25, -0.2) is 4.79 Å². The summed E-state index contributed by atoms with van der Waals surface area (Å²) in [5.74, 6) is -0.561. The molecule has 8 nitrogen and oxygen atoms in total. The van der Waals surface area contributed by atoms with Gasteiger partial charge in [-0.15, -0.1) is 0 Å². The summed E-state index contributed by atoms with van der Waals surface area (Å²) < 4.78 is 10.5. The van der Waals surface area contributed by atoms with Gasteiger partial charge in [-0.1, -0.05) is 18.2 Å². The molecule has 1 N–H and O–H groups in total. The molecule has 0 spiro atoms. The SMILES string of the molecule is COc1ccc(C(=O)Oc2ccc(/C=C3/SC(=O)N(CC(=O)Nc4cc(C)cc(C)c4)C3=O)cc2)cc1. The Bertz CT molecular complexity index is 1380. The van der Waals surface area contributed by atoms with Crippen LogP contribution in [0.3, 0.4) is 0 Å². The Hall–Kier alpha value is -4.37. The third kappa shape index (κ3) is 6.45. The quantitative estimate of drug-likeness (QED) is 0.261. The molecule has 1 aliphatic heterocycles. The second kappa shape index (κ2) is 11.1. The van der Waals surface area contributed by atoms with E-state index in [4.69, 9.17) is 9.47 Å². The van der Waals surface area contributed by atoms with Gasteiger partial charge < -0.3 is 14.8 Å². The van der Waals surface area contributed by atoms with E-state index in [9.17, 15) is 19.2 Å². The molecular weight excluding hydrogens is 492 g/mol. The summed E-state index contributed by atoms with van der Waals surface area (Å²) in [6.45, 7) is 3.46. The van der Waals surface area contributed by atoms with Gasteiger partial charge >= 0.3 is 5.97 Å². The number of anilines is 1. The van der Waals surface area contributed by atoms with Crippen LogP contribution in [0.5, 0.6) is 11.5 Å². The van der Waals surface area contributed by atoms with Gasteiger partial charge in [0.05, 0.1) is 17.6 Å². The number of carbonyl (C=O) groups is 4. The van der Waals surface area contributed by atoms with Gasteiger partial charge in [0, 0.05) is 5.69 Å². The van der Waals surface area contributed by atoms with Gasteiger partial charge in [-0.2, -0.15) is 0 Å². The zero-order valence-electron chi connectivity index (χ0n) is 20.4. The van der Waals surface area contributed by atoms with E-state index in [0.717, 1.165) is 27.8 Å². The number of hydrogen-bond acceptors (Lipinski definition) is 7. The number of thioether (sulfide) groups is 1. The number of ether oxygens (including phenoxy) is 2. The molecule has 0 atom stereocenters. The number of carbonyl (C=O) groups excluding carboxylic acids is 4. The summed E-state index contributed by atoms with van der Waals surface area (Å²) in [6.07, 6.45) is 1.56. The molecule has 4 rings (SSSR count). The standard InChI is InChI=1S/C28H24N2O6S/c1-17-12-18(2)14-21(13-17)29-25(31)16-30-26(32)24(37-28(30)34)15-19-4-8-23(9-5-19)36-27(33)20-6-10-22(35-3)11-7-20/h4-15H,16H2,1-3H3,(H,29,31)/b24-15+. The molecule has 0 unspecified atom stereocenters. The molecule has 1 saturated heterocycles. The highest BCUT2D eigenvalue weighted by molar-refractivity contribution is 8.18. The van der Waals surface area contributed by atoms with E-state index in [1.165, 1.54) is 0 Å². The lowest BCUT2D eigenvalue weighted by atomic mass is 10.1. The normalized spacial score (nSPS) is 14.1. The monoisotopic (exact) mass is 516 g/mol. The minimum absolute atomic E-state index is 0.201. The number of aryl methyl sites for hydroxylation is 2. The molecule has 1 aliphatic rings. The molecule has 188 valence electrons. The lowest BCUT2D eigenvalue weighted by Crippen LogP contribution is -2.36. The topological polar surface area (TPSA) is 102 Å². The minimum Gasteiger partial charge on any atom is -0.497 e. The molecule has 37 heavy (non-hydrogen) atoms. The van der Waals surface area contributed by atoms with Crippen molar-refractivity contribution in [3.05, 3.63) is 93.9 Å². The average molecular weight is 517 g/mol. The molecule has 0 aromatic heterocycles. The largest absolute Gasteiger partial charge is 0.497 e. The third-order valence-corrected chi connectivity index (χ3v) is 6.30. The Morgan fingerprint density at radius 3 is 2.16 bits per heavy atom. The molecule has 1 fully saturated rings. The molecular formula is C28H24N2O6S. The van der Waals surface area contributed by atoms with Crippen LogP contribution in [0.2, 0.25) is 0 Å². The number of rotatable bonds is 7. The Morgan fingerprint density at radius 2 is 1.54 bits per heavy atom. The molecule has 0 radical (unpaired) electrons. The Balaban J connectivity index is 1.37. The fraction of sp³-hybridized carbons (Fsp3) is 0.143. The fourth-order valence-electron chi connectivity index (χ4n) is 3.70. The van der Waals surface area contributed by atoms with Gasteiger partial charge in [-0.05, 0) is 96.9 Å². The van der Waals surface area contributed by atoms with Crippen LogP contribution in [0.1, 0.15) is 27.0 Å². The van der Waals surface area contributed by atoms with Crippen molar-refractivity contribution in [2.24, 2.45) is 0 Å². The van der Waals surface area contributed by atoms with Crippen LogP contribution in [0.25, 0.3) is 6.08 Å². The van der Waals surface area contributed by atoms with E-state index in [0.29, 0.717) is 28.3 Å². The lowest BCUT2D eigenvalue weighted by molar-refractivity contribution is -0.127. The molecule has 0 saturated carbocycles. The van der Waals surface area contributed by atoms with Crippen LogP contribution < -0.4 is 14.8 Å². The highest BCUT2D eigenvalue weighted by Gasteiger charge is 2.36. The Labute approximate surface area is 218 Å². The number of benzene rings is 3. The fourth-order valence-corrected chi connectivity index (χ4v) is 4.54. The van der Waals surface area contributed by atoms with E-state index in [1.54, 1.807) is 61.7 Å².